The Kier molecular flexibility index (Phi) is 12.2. The second kappa shape index (κ2) is 15.7. The summed E-state index contributed by atoms with van der Waals surface area (Å²) in [6.07, 6.45) is 8.52. The third-order valence-electron chi connectivity index (χ3n) is 9.34. The number of nitrogens with zero attached hydrogens (tertiary/aromatic N) is 2. The predicted octanol–water partition coefficient (Wildman–Crippen LogP) is 6.16. The molecule has 0 bridgehead atoms. The molecule has 10 nitrogen and oxygen atoms in total. The molecule has 0 aromatic heterocycles. The van der Waals surface area contributed by atoms with E-state index in [9.17, 15) is 20.1 Å². The molecular formula is C36H54N2O8. The first kappa shape index (κ1) is 35.8. The number of aromatic hydroxyl groups is 1. The van der Waals surface area contributed by atoms with E-state index in [1.165, 1.54) is 0 Å². The van der Waals surface area contributed by atoms with Gasteiger partial charge in [-0.1, -0.05) is 50.9 Å². The molecule has 1 saturated carbocycles. The van der Waals surface area contributed by atoms with Gasteiger partial charge in [-0.3, -0.25) is 0 Å². The number of ether oxygens (including phenoxy) is 3. The Morgan fingerprint density at radius 3 is 2.54 bits per heavy atom. The van der Waals surface area contributed by atoms with Gasteiger partial charge in [0.1, 0.15) is 24.1 Å². The molecule has 1 amide bonds. The molecule has 3 N–H and O–H groups in total. The van der Waals surface area contributed by atoms with E-state index in [1.807, 2.05) is 27.7 Å². The zero-order valence-electron chi connectivity index (χ0n) is 28.2. The quantitative estimate of drug-likeness (QED) is 0.118. The molecule has 1 heterocycles. The lowest BCUT2D eigenvalue weighted by atomic mass is 9.55. The number of carbonyl (C=O) groups is 1. The summed E-state index contributed by atoms with van der Waals surface area (Å²) in [7, 11) is 1.71. The zero-order chi connectivity index (χ0) is 33.5. The first-order chi connectivity index (χ1) is 22.0. The molecule has 0 saturated heterocycles. The van der Waals surface area contributed by atoms with Gasteiger partial charge in [0.25, 0.3) is 0 Å². The number of aliphatic hydroxyl groups excluding tert-OH is 2. The summed E-state index contributed by atoms with van der Waals surface area (Å²) < 4.78 is 19.5. The number of rotatable bonds is 15. The molecule has 3 aliphatic rings. The summed E-state index contributed by atoms with van der Waals surface area (Å²) >= 11 is 0. The number of oxime groups is 1. The van der Waals surface area contributed by atoms with E-state index in [1.54, 1.807) is 36.2 Å². The summed E-state index contributed by atoms with van der Waals surface area (Å²) in [5, 5.41) is 34.7. The second-order valence-corrected chi connectivity index (χ2v) is 13.9. The summed E-state index contributed by atoms with van der Waals surface area (Å²) in [6.45, 7) is 12.9. The fourth-order valence-corrected chi connectivity index (χ4v) is 7.39. The van der Waals surface area contributed by atoms with Crippen LogP contribution in [0.4, 0.5) is 4.79 Å². The van der Waals surface area contributed by atoms with Gasteiger partial charge in [-0.25, -0.2) is 4.79 Å². The molecule has 1 aromatic rings. The van der Waals surface area contributed by atoms with Gasteiger partial charge in [-0.05, 0) is 73.6 Å². The molecule has 1 fully saturated rings. The van der Waals surface area contributed by atoms with Gasteiger partial charge < -0.3 is 39.3 Å². The number of allylic oxidation sites excluding steroid dienone is 1. The van der Waals surface area contributed by atoms with Gasteiger partial charge in [0, 0.05) is 38.2 Å². The van der Waals surface area contributed by atoms with Crippen LogP contribution in [0.3, 0.4) is 0 Å². The van der Waals surface area contributed by atoms with Crippen molar-refractivity contribution in [2.24, 2.45) is 28.3 Å². The number of likely N-dealkylation sites (N-methyl/N-ethyl adjacent to an activating group) is 1. The number of benzene rings is 1. The summed E-state index contributed by atoms with van der Waals surface area (Å²) in [5.41, 5.74) is 2.34. The third kappa shape index (κ3) is 7.72. The molecule has 1 aliphatic heterocycles. The van der Waals surface area contributed by atoms with Crippen molar-refractivity contribution in [3.05, 3.63) is 48.1 Å². The maximum atomic E-state index is 13.7. The predicted molar refractivity (Wildman–Crippen MR) is 177 cm³/mol. The molecule has 0 radical (unpaired) electrons. The minimum Gasteiger partial charge on any atom is -0.508 e. The molecule has 2 aliphatic carbocycles. The number of carbonyl (C=O) groups excluding carboxylic acids is 1. The highest BCUT2D eigenvalue weighted by Gasteiger charge is 2.65. The van der Waals surface area contributed by atoms with Crippen LogP contribution < -0.4 is 4.74 Å². The largest absolute Gasteiger partial charge is 0.508 e. The van der Waals surface area contributed by atoms with E-state index >= 15 is 0 Å². The van der Waals surface area contributed by atoms with Crippen molar-refractivity contribution in [2.75, 3.05) is 40.1 Å². The highest BCUT2D eigenvalue weighted by molar-refractivity contribution is 6.02. The van der Waals surface area contributed by atoms with E-state index in [4.69, 9.17) is 19.0 Å². The zero-order valence-corrected chi connectivity index (χ0v) is 28.2. The van der Waals surface area contributed by atoms with Gasteiger partial charge in [0.05, 0.1) is 24.8 Å². The van der Waals surface area contributed by atoms with E-state index < -0.39 is 23.8 Å². The van der Waals surface area contributed by atoms with Crippen LogP contribution in [-0.4, -0.2) is 83.9 Å². The van der Waals surface area contributed by atoms with Crippen LogP contribution in [0, 0.1) is 23.2 Å². The van der Waals surface area contributed by atoms with Crippen molar-refractivity contribution in [3.63, 3.8) is 0 Å². The number of phenols is 1. The Morgan fingerprint density at radius 1 is 1.17 bits per heavy atom. The van der Waals surface area contributed by atoms with Gasteiger partial charge in [0.2, 0.25) is 5.79 Å². The second-order valence-electron chi connectivity index (χ2n) is 13.9. The van der Waals surface area contributed by atoms with Crippen molar-refractivity contribution >= 4 is 11.8 Å². The van der Waals surface area contributed by atoms with Crippen LogP contribution >= 0.6 is 0 Å². The lowest BCUT2D eigenvalue weighted by molar-refractivity contribution is -0.253. The van der Waals surface area contributed by atoms with Crippen molar-refractivity contribution in [3.8, 4) is 11.5 Å². The molecular weight excluding hydrogens is 588 g/mol. The lowest BCUT2D eigenvalue weighted by Gasteiger charge is -2.59. The van der Waals surface area contributed by atoms with Crippen LogP contribution in [-0.2, 0) is 14.3 Å². The fraction of sp³-hybridized carbons (Fsp3) is 0.667. The topological polar surface area (TPSA) is 130 Å². The van der Waals surface area contributed by atoms with Gasteiger partial charge in [-0.15, -0.1) is 6.58 Å². The van der Waals surface area contributed by atoms with E-state index in [2.05, 4.69) is 17.8 Å². The van der Waals surface area contributed by atoms with Crippen molar-refractivity contribution in [1.82, 2.24) is 4.90 Å². The van der Waals surface area contributed by atoms with Crippen LogP contribution in [0.25, 0.3) is 0 Å². The number of fused-ring (bicyclic) bond motifs is 2. The fourth-order valence-electron chi connectivity index (χ4n) is 7.39. The number of phenolic OH excluding ortho intramolecular Hbond substituents is 1. The Hall–Kier alpha value is -3.08. The van der Waals surface area contributed by atoms with E-state index in [0.717, 1.165) is 42.5 Å². The first-order valence-electron chi connectivity index (χ1n) is 16.8. The third-order valence-corrected chi connectivity index (χ3v) is 9.34. The number of hydrogen-bond acceptors (Lipinski definition) is 9. The minimum absolute atomic E-state index is 0.0976. The molecule has 0 unspecified atom stereocenters. The maximum absolute atomic E-state index is 13.7. The normalized spacial score (nSPS) is 27.6. The van der Waals surface area contributed by atoms with Crippen molar-refractivity contribution < 1.29 is 39.2 Å². The molecule has 0 spiro atoms. The summed E-state index contributed by atoms with van der Waals surface area (Å²) in [5.74, 6) is -0.955. The molecule has 46 heavy (non-hydrogen) atoms. The van der Waals surface area contributed by atoms with Gasteiger partial charge in [0.15, 0.2) is 0 Å². The average molecular weight is 643 g/mol. The summed E-state index contributed by atoms with van der Waals surface area (Å²) in [4.78, 5) is 20.9. The highest BCUT2D eigenvalue weighted by atomic mass is 16.7. The molecule has 10 heteroatoms. The standard InChI is InChI=1S/C36H54N2O8/c1-7-19-44-36-31(38(6)34(42)43-23-35(3,4)5)22-29(37-45-8-2)27-20-24(13-9-11-17-39)26(14-10-12-18-40)32(33(27)36)28-21-25(41)15-16-30(28)46-36/h7,15-16,20-21,24,26,31-33,39-41H,1,8-14,17-19,22-23H2,2-6H3/t24-,26+,31-,32+,33+,36+/m0/s1. The van der Waals surface area contributed by atoms with E-state index in [-0.39, 0.29) is 55.3 Å². The number of amides is 1. The van der Waals surface area contributed by atoms with Gasteiger partial charge in [-0.2, -0.15) is 0 Å². The molecule has 1 aromatic carbocycles. The maximum Gasteiger partial charge on any atom is 0.410 e. The Balaban J connectivity index is 1.95. The number of unbranched alkanes of at least 4 members (excludes halogenated alkanes) is 2. The first-order valence-corrected chi connectivity index (χ1v) is 16.8. The SMILES string of the molecule is C=CCO[C@@]12Oc3ccc(O)cc3[C@H]3[C@H](CCCCO)[C@@H](CCCCO)C=C(C(=NOCC)C[C@@H]1N(C)C(=O)OCC(C)(C)C)[C@H]32. The Labute approximate surface area is 274 Å². The van der Waals surface area contributed by atoms with Crippen LogP contribution in [0.5, 0.6) is 11.5 Å². The van der Waals surface area contributed by atoms with Crippen molar-refractivity contribution in [1.29, 1.82) is 0 Å². The van der Waals surface area contributed by atoms with Crippen LogP contribution in [0.2, 0.25) is 0 Å². The van der Waals surface area contributed by atoms with Crippen LogP contribution in [0.1, 0.15) is 84.1 Å². The van der Waals surface area contributed by atoms with Crippen LogP contribution in [0.15, 0.2) is 47.7 Å². The minimum atomic E-state index is -1.33. The number of aliphatic hydroxyl groups is 2. The Morgan fingerprint density at radius 2 is 1.89 bits per heavy atom. The summed E-state index contributed by atoms with van der Waals surface area (Å²) in [6, 6.07) is 4.53. The van der Waals surface area contributed by atoms with Crippen molar-refractivity contribution in [2.45, 2.75) is 90.4 Å². The monoisotopic (exact) mass is 642 g/mol. The van der Waals surface area contributed by atoms with E-state index in [0.29, 0.717) is 31.6 Å². The average Bonchev–Trinajstić information content (AvgIpc) is 3.02. The molecule has 6 atom stereocenters. The lowest BCUT2D eigenvalue weighted by Crippen LogP contribution is -2.69. The highest BCUT2D eigenvalue weighted by Crippen LogP contribution is 2.61. The molecule has 256 valence electrons. The smallest absolute Gasteiger partial charge is 0.410 e. The van der Waals surface area contributed by atoms with Gasteiger partial charge >= 0.3 is 6.09 Å². The Bertz CT molecular complexity index is 1260. The number of hydrogen-bond donors (Lipinski definition) is 3. The molecule has 4 rings (SSSR count).